The molecular weight excluding hydrogens is 236 g/mol. The Balaban J connectivity index is 2.19. The van der Waals surface area contributed by atoms with Crippen LogP contribution >= 0.6 is 11.3 Å². The van der Waals surface area contributed by atoms with Gasteiger partial charge in [-0.15, -0.1) is 0 Å². The lowest BCUT2D eigenvalue weighted by molar-refractivity contribution is 0.0771. The topological polar surface area (TPSA) is 71.2 Å². The Kier molecular flexibility index (Phi) is 3.33. The van der Waals surface area contributed by atoms with E-state index in [9.17, 15) is 4.79 Å². The molecule has 6 heteroatoms. The highest BCUT2D eigenvalue weighted by Gasteiger charge is 2.23. The van der Waals surface area contributed by atoms with Crippen LogP contribution in [0.3, 0.4) is 0 Å². The van der Waals surface area contributed by atoms with Gasteiger partial charge in [0, 0.05) is 20.1 Å². The highest BCUT2D eigenvalue weighted by atomic mass is 32.1. The van der Waals surface area contributed by atoms with Crippen LogP contribution in [0.1, 0.15) is 23.0 Å². The van der Waals surface area contributed by atoms with Crippen molar-refractivity contribution in [1.29, 1.82) is 0 Å². The Hall–Kier alpha value is -1.56. The number of thiazole rings is 1. The zero-order chi connectivity index (χ0) is 12.4. The highest BCUT2D eigenvalue weighted by Crippen LogP contribution is 2.26. The first-order valence-electron chi connectivity index (χ1n) is 5.50. The van der Waals surface area contributed by atoms with Crippen LogP contribution in [-0.4, -0.2) is 35.9 Å². The fourth-order valence-electron chi connectivity index (χ4n) is 1.82. The predicted octanol–water partition coefficient (Wildman–Crippen LogP) is 1.56. The molecule has 2 rings (SSSR count). The summed E-state index contributed by atoms with van der Waals surface area (Å²) >= 11 is 1.30. The van der Waals surface area contributed by atoms with Gasteiger partial charge in [-0.3, -0.25) is 4.79 Å². The number of carbonyl (C=O) groups is 1. The largest absolute Gasteiger partial charge is 0.382 e. The lowest BCUT2D eigenvalue weighted by Gasteiger charge is -2.25. The third-order valence-electron chi connectivity index (χ3n) is 2.68. The number of hydrogen-bond donors (Lipinski definition) is 2. The number of nitrogens with two attached hydrogens (primary N) is 1. The molecule has 0 spiro atoms. The maximum Gasteiger partial charge on any atom is 0.268 e. The fraction of sp³-hybridized carbons (Fsp3) is 0.455. The molecule has 17 heavy (non-hydrogen) atoms. The molecule has 1 aliphatic rings. The van der Waals surface area contributed by atoms with Crippen molar-refractivity contribution in [2.75, 3.05) is 31.2 Å². The van der Waals surface area contributed by atoms with Crippen LogP contribution < -0.4 is 11.1 Å². The van der Waals surface area contributed by atoms with Crippen LogP contribution in [0.15, 0.2) is 11.6 Å². The SMILES string of the molecule is CNc1nc(N)c(C(=O)N2CCC=C(C)C2)s1. The van der Waals surface area contributed by atoms with Gasteiger partial charge in [-0.05, 0) is 13.3 Å². The molecule has 1 aromatic heterocycles. The first-order valence-corrected chi connectivity index (χ1v) is 6.32. The first-order chi connectivity index (χ1) is 8.11. The third-order valence-corrected chi connectivity index (χ3v) is 3.76. The third kappa shape index (κ3) is 2.41. The van der Waals surface area contributed by atoms with Gasteiger partial charge in [0.25, 0.3) is 5.91 Å². The number of carbonyl (C=O) groups excluding carboxylic acids is 1. The minimum atomic E-state index is -0.0195. The minimum Gasteiger partial charge on any atom is -0.382 e. The van der Waals surface area contributed by atoms with Crippen molar-refractivity contribution in [2.24, 2.45) is 0 Å². The molecule has 1 aromatic rings. The van der Waals surface area contributed by atoms with E-state index >= 15 is 0 Å². The quantitative estimate of drug-likeness (QED) is 0.784. The van der Waals surface area contributed by atoms with Crippen LogP contribution in [0, 0.1) is 0 Å². The van der Waals surface area contributed by atoms with E-state index in [1.165, 1.54) is 16.9 Å². The van der Waals surface area contributed by atoms with Gasteiger partial charge < -0.3 is 16.0 Å². The Morgan fingerprint density at radius 3 is 3.00 bits per heavy atom. The molecule has 3 N–H and O–H groups in total. The molecule has 92 valence electrons. The Morgan fingerprint density at radius 2 is 2.41 bits per heavy atom. The van der Waals surface area contributed by atoms with Crippen molar-refractivity contribution >= 4 is 28.2 Å². The number of anilines is 2. The van der Waals surface area contributed by atoms with Crippen molar-refractivity contribution in [1.82, 2.24) is 9.88 Å². The van der Waals surface area contributed by atoms with Gasteiger partial charge in [0.05, 0.1) is 0 Å². The van der Waals surface area contributed by atoms with Crippen LogP contribution in [0.5, 0.6) is 0 Å². The second-order valence-corrected chi connectivity index (χ2v) is 5.05. The van der Waals surface area contributed by atoms with E-state index < -0.39 is 0 Å². The summed E-state index contributed by atoms with van der Waals surface area (Å²) in [7, 11) is 1.76. The monoisotopic (exact) mass is 252 g/mol. The van der Waals surface area contributed by atoms with Crippen molar-refractivity contribution in [2.45, 2.75) is 13.3 Å². The lowest BCUT2D eigenvalue weighted by Crippen LogP contribution is -2.35. The number of nitrogens with zero attached hydrogens (tertiary/aromatic N) is 2. The van der Waals surface area contributed by atoms with Gasteiger partial charge in [0.2, 0.25) is 0 Å². The average molecular weight is 252 g/mol. The minimum absolute atomic E-state index is 0.0195. The summed E-state index contributed by atoms with van der Waals surface area (Å²) in [4.78, 5) is 18.7. The molecule has 0 aliphatic carbocycles. The number of rotatable bonds is 2. The van der Waals surface area contributed by atoms with Gasteiger partial charge in [-0.25, -0.2) is 4.98 Å². The lowest BCUT2D eigenvalue weighted by atomic mass is 10.1. The molecule has 0 atom stereocenters. The average Bonchev–Trinajstić information content (AvgIpc) is 2.69. The summed E-state index contributed by atoms with van der Waals surface area (Å²) in [6.07, 6.45) is 3.08. The van der Waals surface area contributed by atoms with Gasteiger partial charge in [0.15, 0.2) is 5.13 Å². The molecule has 0 radical (unpaired) electrons. The summed E-state index contributed by atoms with van der Waals surface area (Å²) in [5.74, 6) is 0.297. The molecule has 2 heterocycles. The van der Waals surface area contributed by atoms with Gasteiger partial charge in [-0.2, -0.15) is 0 Å². The van der Waals surface area contributed by atoms with Crippen molar-refractivity contribution in [3.63, 3.8) is 0 Å². The second kappa shape index (κ2) is 4.75. The molecule has 0 fully saturated rings. The zero-order valence-electron chi connectivity index (χ0n) is 9.99. The first kappa shape index (κ1) is 11.9. The van der Waals surface area contributed by atoms with Crippen LogP contribution in [0.4, 0.5) is 10.9 Å². The summed E-state index contributed by atoms with van der Waals surface area (Å²) < 4.78 is 0. The van der Waals surface area contributed by atoms with E-state index in [2.05, 4.69) is 16.4 Å². The van der Waals surface area contributed by atoms with E-state index in [-0.39, 0.29) is 5.91 Å². The predicted molar refractivity (Wildman–Crippen MR) is 70.4 cm³/mol. The normalized spacial score (nSPS) is 15.6. The number of amides is 1. The fourth-order valence-corrected chi connectivity index (χ4v) is 2.63. The van der Waals surface area contributed by atoms with Gasteiger partial charge in [-0.1, -0.05) is 23.0 Å². The Morgan fingerprint density at radius 1 is 1.65 bits per heavy atom. The van der Waals surface area contributed by atoms with Crippen LogP contribution in [0.2, 0.25) is 0 Å². The van der Waals surface area contributed by atoms with Crippen molar-refractivity contribution in [3.05, 3.63) is 16.5 Å². The molecular formula is C11H16N4OS. The highest BCUT2D eigenvalue weighted by molar-refractivity contribution is 7.18. The van der Waals surface area contributed by atoms with E-state index in [1.54, 1.807) is 7.05 Å². The van der Waals surface area contributed by atoms with E-state index in [0.717, 1.165) is 13.0 Å². The molecule has 0 saturated carbocycles. The molecule has 1 amide bonds. The summed E-state index contributed by atoms with van der Waals surface area (Å²) in [5, 5.41) is 3.58. The van der Waals surface area contributed by atoms with Crippen molar-refractivity contribution in [3.8, 4) is 0 Å². The maximum absolute atomic E-state index is 12.3. The molecule has 0 bridgehead atoms. The molecule has 0 aromatic carbocycles. The molecule has 0 unspecified atom stereocenters. The Labute approximate surface area is 104 Å². The number of hydrogen-bond acceptors (Lipinski definition) is 5. The van der Waals surface area contributed by atoms with Crippen LogP contribution in [0.25, 0.3) is 0 Å². The Bertz CT molecular complexity index is 466. The maximum atomic E-state index is 12.3. The van der Waals surface area contributed by atoms with Gasteiger partial charge in [0.1, 0.15) is 10.7 Å². The molecule has 0 saturated heterocycles. The number of nitrogen functional groups attached to an aromatic ring is 1. The smallest absolute Gasteiger partial charge is 0.268 e. The van der Waals surface area contributed by atoms with E-state index in [4.69, 9.17) is 5.73 Å². The van der Waals surface area contributed by atoms with Gasteiger partial charge >= 0.3 is 0 Å². The zero-order valence-corrected chi connectivity index (χ0v) is 10.8. The summed E-state index contributed by atoms with van der Waals surface area (Å²) in [6, 6.07) is 0. The number of aromatic nitrogens is 1. The standard InChI is InChI=1S/C11H16N4OS/c1-7-4-3-5-15(6-7)10(16)8-9(12)14-11(13-2)17-8/h4H,3,5-6,12H2,1-2H3,(H,13,14). The second-order valence-electron chi connectivity index (χ2n) is 4.05. The molecule has 1 aliphatic heterocycles. The summed E-state index contributed by atoms with van der Waals surface area (Å²) in [5.41, 5.74) is 6.98. The van der Waals surface area contributed by atoms with Crippen LogP contribution in [-0.2, 0) is 0 Å². The number of nitrogens with one attached hydrogen (secondary N) is 1. The summed E-state index contributed by atoms with van der Waals surface area (Å²) in [6.45, 7) is 3.47. The van der Waals surface area contributed by atoms with E-state index in [1.807, 2.05) is 11.8 Å². The van der Waals surface area contributed by atoms with Crippen molar-refractivity contribution < 1.29 is 4.79 Å². The molecule has 5 nitrogen and oxygen atoms in total. The van der Waals surface area contributed by atoms with E-state index in [0.29, 0.717) is 22.4 Å².